The molecular weight excluding hydrogens is 696 g/mol. The third kappa shape index (κ3) is 12.1. The van der Waals surface area contributed by atoms with Crippen molar-refractivity contribution in [1.29, 1.82) is 0 Å². The first-order valence-electron chi connectivity index (χ1n) is 18.4. The third-order valence-corrected chi connectivity index (χ3v) is 9.57. The van der Waals surface area contributed by atoms with E-state index in [9.17, 15) is 19.2 Å². The smallest absolute Gasteiger partial charge is 0.410 e. The number of nitrogens with two attached hydrogens (primary N) is 4. The van der Waals surface area contributed by atoms with Crippen molar-refractivity contribution in [2.75, 3.05) is 52.4 Å². The monoisotopic (exact) mass is 748 g/mol. The van der Waals surface area contributed by atoms with Gasteiger partial charge in [0.05, 0.1) is 11.4 Å². The summed E-state index contributed by atoms with van der Waals surface area (Å²) < 4.78 is 11.8. The highest BCUT2D eigenvalue weighted by molar-refractivity contribution is 5.79. The minimum Gasteiger partial charge on any atom is -0.446 e. The largest absolute Gasteiger partial charge is 0.446 e. The van der Waals surface area contributed by atoms with Crippen molar-refractivity contribution < 1.29 is 28.7 Å². The van der Waals surface area contributed by atoms with E-state index in [1.165, 1.54) is 0 Å². The number of amides is 6. The van der Waals surface area contributed by atoms with Gasteiger partial charge in [0, 0.05) is 65.4 Å². The average Bonchev–Trinajstić information content (AvgIpc) is 3.15. The highest BCUT2D eigenvalue weighted by atomic mass is 16.6. The van der Waals surface area contributed by atoms with E-state index in [0.717, 1.165) is 24.0 Å². The second-order valence-electron chi connectivity index (χ2n) is 13.5. The number of nitrogens with zero attached hydrogens (tertiary/aromatic N) is 6. The first-order chi connectivity index (χ1) is 26.0. The quantitative estimate of drug-likeness (QED) is 0.170. The first kappa shape index (κ1) is 39.3. The lowest BCUT2D eigenvalue weighted by Gasteiger charge is -2.36. The van der Waals surface area contributed by atoms with Gasteiger partial charge in [-0.3, -0.25) is 0 Å². The van der Waals surface area contributed by atoms with Crippen molar-refractivity contribution in [2.24, 2.45) is 32.9 Å². The minimum absolute atomic E-state index is 0.0195. The molecule has 1 saturated carbocycles. The molecule has 292 valence electrons. The maximum Gasteiger partial charge on any atom is 0.410 e. The van der Waals surface area contributed by atoms with Crippen molar-refractivity contribution >= 4 is 47.5 Å². The number of ether oxygens (including phenoxy) is 2. The Balaban J connectivity index is 0.937. The summed E-state index contributed by atoms with van der Waals surface area (Å²) in [7, 11) is 0. The Hall–Kier alpha value is -5.94. The molecule has 0 radical (unpaired) electrons. The SMILES string of the molecule is NC(N)=Nc1ccc(CNC(=O)N2CCN(C(=O)OC3CCCC(OC(=O)N4CCN(C(=O)NCc5ccc(N=C(N)N)cc5)CC4)CCC3)CC2)cc1. The lowest BCUT2D eigenvalue weighted by Crippen LogP contribution is -2.53. The van der Waals surface area contributed by atoms with Crippen LogP contribution in [0.1, 0.15) is 49.7 Å². The number of nitrogens with one attached hydrogen (secondary N) is 2. The van der Waals surface area contributed by atoms with Crippen molar-refractivity contribution in [1.82, 2.24) is 30.2 Å². The summed E-state index contributed by atoms with van der Waals surface area (Å²) in [6, 6.07) is 14.1. The fraction of sp³-hybridized carbons (Fsp3) is 0.500. The van der Waals surface area contributed by atoms with Gasteiger partial charge in [-0.15, -0.1) is 0 Å². The number of urea groups is 2. The van der Waals surface area contributed by atoms with Crippen LogP contribution in [0.15, 0.2) is 58.5 Å². The van der Waals surface area contributed by atoms with Crippen LogP contribution in [0, 0.1) is 0 Å². The zero-order valence-corrected chi connectivity index (χ0v) is 30.5. The molecule has 1 aliphatic carbocycles. The van der Waals surface area contributed by atoms with Gasteiger partial charge in [-0.2, -0.15) is 0 Å². The molecule has 0 unspecified atom stereocenters. The number of piperazine rings is 2. The predicted octanol–water partition coefficient (Wildman–Crippen LogP) is 2.22. The molecule has 6 amide bonds. The van der Waals surface area contributed by atoms with Gasteiger partial charge in [0.1, 0.15) is 12.2 Å². The van der Waals surface area contributed by atoms with Crippen LogP contribution in [0.2, 0.25) is 0 Å². The van der Waals surface area contributed by atoms with E-state index in [4.69, 9.17) is 32.4 Å². The summed E-state index contributed by atoms with van der Waals surface area (Å²) in [6.45, 7) is 3.88. The van der Waals surface area contributed by atoms with E-state index in [1.807, 2.05) is 24.3 Å². The van der Waals surface area contributed by atoms with Crippen LogP contribution in [-0.4, -0.2) is 120 Å². The van der Waals surface area contributed by atoms with Crippen molar-refractivity contribution in [3.05, 3.63) is 59.7 Å². The minimum atomic E-state index is -0.365. The standard InChI is InChI=1S/C36H52N12O6/c37-31(38)43-27-11-7-25(8-12-27)23-41-33(49)45-15-19-47(20-16-45)35(51)53-29-3-1-4-30(6-2-5-29)54-36(52)48-21-17-46(18-22-48)34(50)42-24-26-9-13-28(14-10-26)44-32(39)40/h7-14,29-30H,1-6,15-24H2,(H,41,49)(H,42,50)(H4,37,38,43)(H4,39,40,44). The van der Waals surface area contributed by atoms with Gasteiger partial charge in [-0.05, 0) is 73.9 Å². The third-order valence-electron chi connectivity index (χ3n) is 9.57. The van der Waals surface area contributed by atoms with E-state index >= 15 is 0 Å². The molecule has 18 heteroatoms. The number of carbonyl (C=O) groups is 4. The summed E-state index contributed by atoms with van der Waals surface area (Å²) in [4.78, 5) is 66.1. The molecule has 0 bridgehead atoms. The van der Waals surface area contributed by atoms with Gasteiger partial charge in [0.2, 0.25) is 0 Å². The highest BCUT2D eigenvalue weighted by Gasteiger charge is 2.30. The van der Waals surface area contributed by atoms with E-state index in [0.29, 0.717) is 103 Å². The first-order valence-corrected chi connectivity index (χ1v) is 18.4. The second-order valence-corrected chi connectivity index (χ2v) is 13.5. The Bertz CT molecular complexity index is 1500. The average molecular weight is 749 g/mol. The van der Waals surface area contributed by atoms with E-state index in [-0.39, 0.29) is 48.4 Å². The summed E-state index contributed by atoms with van der Waals surface area (Å²) >= 11 is 0. The summed E-state index contributed by atoms with van der Waals surface area (Å²) in [5, 5.41) is 5.83. The normalized spacial score (nSPS) is 19.0. The molecule has 5 rings (SSSR count). The number of guanidine groups is 2. The van der Waals surface area contributed by atoms with Crippen molar-refractivity contribution in [3.63, 3.8) is 0 Å². The number of rotatable bonds is 8. The molecule has 2 aromatic carbocycles. The lowest BCUT2D eigenvalue weighted by molar-refractivity contribution is 0.0196. The van der Waals surface area contributed by atoms with E-state index < -0.39 is 0 Å². The van der Waals surface area contributed by atoms with Crippen molar-refractivity contribution in [3.8, 4) is 0 Å². The van der Waals surface area contributed by atoms with Crippen molar-refractivity contribution in [2.45, 2.75) is 63.8 Å². The van der Waals surface area contributed by atoms with Crippen LogP contribution in [0.4, 0.5) is 30.6 Å². The molecule has 54 heavy (non-hydrogen) atoms. The molecule has 3 aliphatic rings. The molecule has 2 saturated heterocycles. The predicted molar refractivity (Wildman–Crippen MR) is 203 cm³/mol. The Morgan fingerprint density at radius 3 is 1.17 bits per heavy atom. The Morgan fingerprint density at radius 1 is 0.537 bits per heavy atom. The second kappa shape index (κ2) is 19.2. The zero-order chi connectivity index (χ0) is 38.5. The Labute approximate surface area is 314 Å². The number of hydrogen-bond donors (Lipinski definition) is 6. The highest BCUT2D eigenvalue weighted by Crippen LogP contribution is 2.24. The van der Waals surface area contributed by atoms with Crippen LogP contribution >= 0.6 is 0 Å². The van der Waals surface area contributed by atoms with Crippen LogP contribution in [-0.2, 0) is 22.6 Å². The van der Waals surface area contributed by atoms with Gasteiger partial charge in [0.15, 0.2) is 11.9 Å². The molecule has 3 fully saturated rings. The zero-order valence-electron chi connectivity index (χ0n) is 30.5. The Kier molecular flexibility index (Phi) is 14.0. The van der Waals surface area contributed by atoms with Gasteiger partial charge in [0.25, 0.3) is 0 Å². The number of hydrogen-bond acceptors (Lipinski definition) is 8. The molecule has 2 aromatic rings. The van der Waals surface area contributed by atoms with Crippen LogP contribution in [0.25, 0.3) is 0 Å². The van der Waals surface area contributed by atoms with Crippen LogP contribution in [0.5, 0.6) is 0 Å². The summed E-state index contributed by atoms with van der Waals surface area (Å²) in [5.41, 5.74) is 24.7. The van der Waals surface area contributed by atoms with Gasteiger partial charge >= 0.3 is 24.2 Å². The molecule has 0 atom stereocenters. The molecule has 10 N–H and O–H groups in total. The van der Waals surface area contributed by atoms with E-state index in [2.05, 4.69) is 20.6 Å². The maximum absolute atomic E-state index is 13.0. The number of carbonyl (C=O) groups excluding carboxylic acids is 4. The van der Waals surface area contributed by atoms with Gasteiger partial charge in [-0.1, -0.05) is 24.3 Å². The van der Waals surface area contributed by atoms with Gasteiger partial charge in [-0.25, -0.2) is 29.2 Å². The molecule has 2 heterocycles. The summed E-state index contributed by atoms with van der Waals surface area (Å²) in [5.74, 6) is -0.0390. The molecule has 2 aliphatic heterocycles. The fourth-order valence-electron chi connectivity index (χ4n) is 6.54. The topological polar surface area (TPSA) is 253 Å². The van der Waals surface area contributed by atoms with E-state index in [1.54, 1.807) is 43.9 Å². The van der Waals surface area contributed by atoms with Crippen LogP contribution < -0.4 is 33.6 Å². The lowest BCUT2D eigenvalue weighted by atomic mass is 9.96. The number of benzene rings is 2. The molecule has 18 nitrogen and oxygen atoms in total. The maximum atomic E-state index is 13.0. The fourth-order valence-corrected chi connectivity index (χ4v) is 6.54. The molecule has 0 aromatic heterocycles. The van der Waals surface area contributed by atoms with Crippen LogP contribution in [0.3, 0.4) is 0 Å². The molecule has 0 spiro atoms. The Morgan fingerprint density at radius 2 is 0.852 bits per heavy atom. The molecular formula is C36H52N12O6. The number of aliphatic imine (C=N–C) groups is 2. The summed E-state index contributed by atoms with van der Waals surface area (Å²) in [6.07, 6.45) is 3.09. The van der Waals surface area contributed by atoms with Gasteiger partial charge < -0.3 is 62.6 Å².